The lowest BCUT2D eigenvalue weighted by molar-refractivity contribution is -0.889. The van der Waals surface area contributed by atoms with Crippen molar-refractivity contribution in [2.45, 2.75) is 187 Å². The lowest BCUT2D eigenvalue weighted by Crippen LogP contribution is -2.55. The van der Waals surface area contributed by atoms with Gasteiger partial charge in [-0.1, -0.05) is 139 Å². The highest BCUT2D eigenvalue weighted by Crippen LogP contribution is 2.13. The summed E-state index contributed by atoms with van der Waals surface area (Å²) in [5, 5.41) is 11.6. The Morgan fingerprint density at radius 3 is 1.52 bits per heavy atom. The van der Waals surface area contributed by atoms with Gasteiger partial charge in [0.25, 0.3) is 0 Å². The van der Waals surface area contributed by atoms with E-state index in [4.69, 9.17) is 14.2 Å². The molecular weight excluding hydrogens is 703 g/mol. The molecule has 0 saturated heterocycles. The molecule has 0 amide bonds. The van der Waals surface area contributed by atoms with Gasteiger partial charge in [0.15, 0.2) is 6.10 Å². The topological polar surface area (TPSA) is 102 Å². The molecule has 0 aliphatic rings. The third-order valence-electron chi connectivity index (χ3n) is 9.64. The minimum atomic E-state index is -1.13. The molecule has 0 radical (unpaired) electrons. The second-order valence-electron chi connectivity index (χ2n) is 15.9. The number of unbranched alkanes of at least 4 members (excludes halogenated alkanes) is 15. The van der Waals surface area contributed by atoms with Crippen LogP contribution in [0.15, 0.2) is 60.8 Å². The summed E-state index contributed by atoms with van der Waals surface area (Å²) in [7, 11) is 5.39. The number of likely N-dealkylation sites (N-methyl/N-ethyl adjacent to an activating group) is 1. The van der Waals surface area contributed by atoms with Crippen molar-refractivity contribution in [2.75, 3.05) is 41.0 Å². The highest BCUT2D eigenvalue weighted by Gasteiger charge is 2.25. The first kappa shape index (κ1) is 53.0. The Hall–Kier alpha value is -2.97. The van der Waals surface area contributed by atoms with E-state index in [-0.39, 0.29) is 49.1 Å². The zero-order valence-electron chi connectivity index (χ0n) is 36.5. The highest BCUT2D eigenvalue weighted by molar-refractivity contribution is 5.70. The molecule has 322 valence electrons. The molecule has 56 heavy (non-hydrogen) atoms. The molecule has 0 aromatic rings. The number of rotatable bonds is 39. The van der Waals surface area contributed by atoms with Crippen molar-refractivity contribution in [1.29, 1.82) is 0 Å². The molecule has 0 saturated carbocycles. The fourth-order valence-electron chi connectivity index (χ4n) is 6.17. The average molecular weight is 786 g/mol. The van der Waals surface area contributed by atoms with Gasteiger partial charge in [-0.25, -0.2) is 0 Å². The number of carbonyl (C=O) groups excluding carboxylic acids is 3. The Balaban J connectivity index is 4.42. The Labute approximate surface area is 343 Å². The van der Waals surface area contributed by atoms with Gasteiger partial charge in [-0.05, 0) is 77.0 Å². The first-order valence-electron chi connectivity index (χ1n) is 22.3. The number of quaternary nitrogens is 1. The summed E-state index contributed by atoms with van der Waals surface area (Å²) >= 11 is 0. The molecule has 2 unspecified atom stereocenters. The van der Waals surface area contributed by atoms with E-state index in [1.807, 2.05) is 0 Å². The summed E-state index contributed by atoms with van der Waals surface area (Å²) in [5.74, 6) is -1.79. The third-order valence-corrected chi connectivity index (χ3v) is 9.64. The predicted octanol–water partition coefficient (Wildman–Crippen LogP) is 10.9. The van der Waals surface area contributed by atoms with Crippen molar-refractivity contribution in [3.8, 4) is 0 Å². The van der Waals surface area contributed by atoms with Crippen LogP contribution in [-0.2, 0) is 28.6 Å². The number of carboxylic acid groups (broad SMARTS) is 1. The van der Waals surface area contributed by atoms with Crippen LogP contribution in [0, 0.1) is 0 Å². The lowest BCUT2D eigenvalue weighted by atomic mass is 10.1. The summed E-state index contributed by atoms with van der Waals surface area (Å²) in [4.78, 5) is 36.8. The molecule has 0 fully saturated rings. The molecule has 2 atom stereocenters. The SMILES string of the molecule is CC/C=C/C/C=C/C/C=C/C/C=C/CCCCCC(=O)OC(COCCC(C(=O)[O-])[N+](C)(C)C)COC(=O)CCCCCCC/C=C/CCCCCCCCC. The van der Waals surface area contributed by atoms with Crippen molar-refractivity contribution in [3.63, 3.8) is 0 Å². The van der Waals surface area contributed by atoms with Crippen molar-refractivity contribution < 1.29 is 38.2 Å². The summed E-state index contributed by atoms with van der Waals surface area (Å²) in [6.07, 6.45) is 46.7. The predicted molar refractivity (Wildman–Crippen MR) is 231 cm³/mol. The molecular formula is C48H83NO7. The van der Waals surface area contributed by atoms with Crippen molar-refractivity contribution in [2.24, 2.45) is 0 Å². The van der Waals surface area contributed by atoms with Crippen LogP contribution in [0.1, 0.15) is 174 Å². The summed E-state index contributed by atoms with van der Waals surface area (Å²) < 4.78 is 17.1. The second kappa shape index (κ2) is 38.9. The van der Waals surface area contributed by atoms with Gasteiger partial charge in [-0.2, -0.15) is 0 Å². The van der Waals surface area contributed by atoms with Crippen LogP contribution in [-0.4, -0.2) is 75.5 Å². The molecule has 0 rings (SSSR count). The van der Waals surface area contributed by atoms with Gasteiger partial charge in [0.2, 0.25) is 0 Å². The first-order chi connectivity index (χ1) is 27.1. The van der Waals surface area contributed by atoms with E-state index >= 15 is 0 Å². The number of hydrogen-bond acceptors (Lipinski definition) is 7. The molecule has 8 heteroatoms. The maximum absolute atomic E-state index is 12.7. The van der Waals surface area contributed by atoms with E-state index in [2.05, 4.69) is 74.6 Å². The quantitative estimate of drug-likeness (QED) is 0.0265. The van der Waals surface area contributed by atoms with E-state index in [1.165, 1.54) is 57.8 Å². The van der Waals surface area contributed by atoms with E-state index in [9.17, 15) is 19.5 Å². The maximum atomic E-state index is 12.7. The molecule has 0 spiro atoms. The van der Waals surface area contributed by atoms with Gasteiger partial charge >= 0.3 is 11.9 Å². The summed E-state index contributed by atoms with van der Waals surface area (Å²) in [6, 6.07) is -0.735. The largest absolute Gasteiger partial charge is 0.544 e. The zero-order chi connectivity index (χ0) is 41.4. The number of esters is 2. The number of carbonyl (C=O) groups is 3. The van der Waals surface area contributed by atoms with Gasteiger partial charge in [0, 0.05) is 19.3 Å². The third kappa shape index (κ3) is 36.7. The van der Waals surface area contributed by atoms with Crippen LogP contribution in [0.5, 0.6) is 0 Å². The number of hydrogen-bond donors (Lipinski definition) is 0. The Kier molecular flexibility index (Phi) is 36.8. The van der Waals surface area contributed by atoms with Crippen molar-refractivity contribution in [3.05, 3.63) is 60.8 Å². The van der Waals surface area contributed by atoms with E-state index in [0.717, 1.165) is 77.0 Å². The minimum absolute atomic E-state index is 0.0231. The van der Waals surface area contributed by atoms with Crippen molar-refractivity contribution >= 4 is 17.9 Å². The molecule has 0 N–H and O–H groups in total. The number of aliphatic carboxylic acids is 1. The van der Waals surface area contributed by atoms with Crippen LogP contribution in [0.2, 0.25) is 0 Å². The zero-order valence-corrected chi connectivity index (χ0v) is 36.5. The molecule has 0 aromatic carbocycles. The Bertz CT molecular complexity index is 1100. The molecule has 0 aliphatic heterocycles. The van der Waals surface area contributed by atoms with Crippen LogP contribution in [0.3, 0.4) is 0 Å². The van der Waals surface area contributed by atoms with Crippen LogP contribution >= 0.6 is 0 Å². The van der Waals surface area contributed by atoms with Crippen LogP contribution in [0.25, 0.3) is 0 Å². The number of carboxylic acids is 1. The van der Waals surface area contributed by atoms with Gasteiger partial charge in [-0.3, -0.25) is 9.59 Å². The van der Waals surface area contributed by atoms with E-state index < -0.39 is 18.1 Å². The van der Waals surface area contributed by atoms with E-state index in [1.54, 1.807) is 21.1 Å². The Morgan fingerprint density at radius 1 is 0.554 bits per heavy atom. The number of ether oxygens (including phenoxy) is 3. The minimum Gasteiger partial charge on any atom is -0.544 e. The van der Waals surface area contributed by atoms with Gasteiger partial charge < -0.3 is 28.6 Å². The van der Waals surface area contributed by atoms with E-state index in [0.29, 0.717) is 12.8 Å². The maximum Gasteiger partial charge on any atom is 0.306 e. The fraction of sp³-hybridized carbons (Fsp3) is 0.729. The fourth-order valence-corrected chi connectivity index (χ4v) is 6.17. The number of allylic oxidation sites excluding steroid dienone is 10. The first-order valence-corrected chi connectivity index (χ1v) is 22.3. The average Bonchev–Trinajstić information content (AvgIpc) is 3.15. The number of nitrogens with zero attached hydrogens (tertiary/aromatic N) is 1. The van der Waals surface area contributed by atoms with Gasteiger partial charge in [0.1, 0.15) is 12.6 Å². The van der Waals surface area contributed by atoms with Crippen molar-refractivity contribution in [1.82, 2.24) is 0 Å². The molecule has 8 nitrogen and oxygen atoms in total. The van der Waals surface area contributed by atoms with Crippen LogP contribution in [0.4, 0.5) is 0 Å². The molecule has 0 heterocycles. The molecule has 0 aromatic heterocycles. The lowest BCUT2D eigenvalue weighted by Gasteiger charge is -2.34. The molecule has 0 bridgehead atoms. The van der Waals surface area contributed by atoms with Crippen LogP contribution < -0.4 is 5.11 Å². The smallest absolute Gasteiger partial charge is 0.306 e. The van der Waals surface area contributed by atoms with Gasteiger partial charge in [0.05, 0.1) is 40.3 Å². The normalized spacial score (nSPS) is 13.5. The summed E-state index contributed by atoms with van der Waals surface area (Å²) in [6.45, 7) is 4.49. The molecule has 0 aliphatic carbocycles. The standard InChI is InChI=1S/C48H83NO7/c1-6-8-10-12-14-16-18-20-22-24-26-28-30-32-34-36-38-46(50)55-43-44(42-54-41-40-45(48(52)53)49(3,4)5)56-47(51)39-37-35-33-31-29-27-25-23-21-19-17-15-13-11-9-7-2/h9,11,15,17,21-24,27,29,44-45H,6-8,10,12-14,16,18-20,25-26,28,30-43H2,1-5H3/b11-9+,17-15+,23-21+,24-22+,29-27+. The highest BCUT2D eigenvalue weighted by atomic mass is 16.6. The Morgan fingerprint density at radius 2 is 1.00 bits per heavy atom. The van der Waals surface area contributed by atoms with Gasteiger partial charge in [-0.15, -0.1) is 0 Å². The summed E-state index contributed by atoms with van der Waals surface area (Å²) in [5.41, 5.74) is 0. The monoisotopic (exact) mass is 786 g/mol. The second-order valence-corrected chi connectivity index (χ2v) is 15.9.